The summed E-state index contributed by atoms with van der Waals surface area (Å²) in [5, 5.41) is 17.8. The van der Waals surface area contributed by atoms with E-state index in [9.17, 15) is 24.5 Å². The summed E-state index contributed by atoms with van der Waals surface area (Å²) >= 11 is 0. The molecule has 2 heterocycles. The van der Waals surface area contributed by atoms with Gasteiger partial charge in [-0.3, -0.25) is 29.5 Å². The Morgan fingerprint density at radius 3 is 2.05 bits per heavy atom. The van der Waals surface area contributed by atoms with Gasteiger partial charge in [0.2, 0.25) is 0 Å². The average Bonchev–Trinajstić information content (AvgIpc) is 3.43. The maximum Gasteiger partial charge on any atom is 0.269 e. The van der Waals surface area contributed by atoms with Gasteiger partial charge in [-0.1, -0.05) is 91.0 Å². The number of benzene rings is 4. The van der Waals surface area contributed by atoms with Crippen LogP contribution in [-0.4, -0.2) is 39.5 Å². The molecule has 0 bridgehead atoms. The third kappa shape index (κ3) is 3.07. The highest BCUT2D eigenvalue weighted by atomic mass is 16.6. The van der Waals surface area contributed by atoms with Crippen molar-refractivity contribution in [2.24, 2.45) is 10.5 Å². The second-order valence-corrected chi connectivity index (χ2v) is 10.2. The number of carbonyl (C=O) groups excluding carboxylic acids is 3. The topological polar surface area (TPSA) is 110 Å². The number of Topliss-reactive ketones (excluding diaryl/α,β-unsaturated/α-hetero) is 3. The Hall–Kier alpha value is -5.24. The van der Waals surface area contributed by atoms with Crippen LogP contribution in [0.25, 0.3) is 0 Å². The third-order valence-corrected chi connectivity index (χ3v) is 8.37. The molecular weight excluding hydrogens is 506 g/mol. The van der Waals surface area contributed by atoms with Gasteiger partial charge in [0, 0.05) is 34.7 Å². The lowest BCUT2D eigenvalue weighted by Crippen LogP contribution is -2.43. The van der Waals surface area contributed by atoms with Crippen LogP contribution in [0.15, 0.2) is 108 Å². The van der Waals surface area contributed by atoms with Crippen LogP contribution in [0.2, 0.25) is 0 Å². The highest BCUT2D eigenvalue weighted by Crippen LogP contribution is 2.64. The van der Waals surface area contributed by atoms with Crippen molar-refractivity contribution in [3.05, 3.63) is 147 Å². The van der Waals surface area contributed by atoms with Crippen molar-refractivity contribution >= 4 is 29.3 Å². The van der Waals surface area contributed by atoms with Crippen molar-refractivity contribution < 1.29 is 19.3 Å². The second kappa shape index (κ2) is 8.64. The molecule has 0 aromatic heterocycles. The SMILES string of the molecule is O=C(c1ccccc1)[C@@H]1[C@@H](c2ccc([N+](=O)[O-])cc2)C2(C(=O)c3ccccc3C2=O)C2c3ccccc3C=NN21. The van der Waals surface area contributed by atoms with Crippen molar-refractivity contribution in [3.63, 3.8) is 0 Å². The Balaban J connectivity index is 1.55. The number of rotatable bonds is 4. The molecule has 1 aliphatic carbocycles. The summed E-state index contributed by atoms with van der Waals surface area (Å²) in [6.45, 7) is 0. The molecule has 4 aromatic rings. The Labute approximate surface area is 228 Å². The first-order valence-electron chi connectivity index (χ1n) is 12.9. The van der Waals surface area contributed by atoms with Crippen LogP contribution in [0.3, 0.4) is 0 Å². The number of hydrazone groups is 1. The molecule has 1 saturated heterocycles. The first-order valence-corrected chi connectivity index (χ1v) is 12.9. The van der Waals surface area contributed by atoms with Gasteiger partial charge in [0.15, 0.2) is 17.3 Å². The molecule has 8 nitrogen and oxygen atoms in total. The molecule has 1 unspecified atom stereocenters. The molecule has 0 radical (unpaired) electrons. The summed E-state index contributed by atoms with van der Waals surface area (Å²) in [5.74, 6) is -2.01. The van der Waals surface area contributed by atoms with E-state index in [4.69, 9.17) is 5.10 Å². The van der Waals surface area contributed by atoms with Gasteiger partial charge in [0.05, 0.1) is 17.2 Å². The van der Waals surface area contributed by atoms with E-state index in [-0.39, 0.29) is 23.0 Å². The number of carbonyl (C=O) groups is 3. The fraction of sp³-hybridized carbons (Fsp3) is 0.125. The van der Waals surface area contributed by atoms with Crippen LogP contribution in [0.5, 0.6) is 0 Å². The standard InChI is InChI=1S/C32H21N3O5/c36-28(20-8-2-1-3-9-20)27-26(19-14-16-22(17-15-19)35(39)40)32(30(37)24-12-6-7-13-25(24)31(32)38)29-23-11-5-4-10-21(23)18-33-34(27)29/h1-18,26-27,29H/t26-,27+,29?/m1/s1. The number of fused-ring (bicyclic) bond motifs is 5. The second-order valence-electron chi connectivity index (χ2n) is 10.2. The molecule has 8 heteroatoms. The largest absolute Gasteiger partial charge is 0.293 e. The predicted molar refractivity (Wildman–Crippen MR) is 147 cm³/mol. The summed E-state index contributed by atoms with van der Waals surface area (Å²) in [6, 6.07) is 26.8. The fourth-order valence-electron chi connectivity index (χ4n) is 6.73. The van der Waals surface area contributed by atoms with Crippen LogP contribution in [0.4, 0.5) is 5.69 Å². The maximum atomic E-state index is 14.6. The van der Waals surface area contributed by atoms with Gasteiger partial charge >= 0.3 is 0 Å². The number of non-ortho nitro benzene ring substituents is 1. The van der Waals surface area contributed by atoms with Crippen molar-refractivity contribution in [2.45, 2.75) is 18.0 Å². The normalized spacial score (nSPS) is 21.7. The number of hydrogen-bond donors (Lipinski definition) is 0. The maximum absolute atomic E-state index is 14.6. The molecule has 1 spiro atoms. The summed E-state index contributed by atoms with van der Waals surface area (Å²) in [5.41, 5.74) is 1.14. The monoisotopic (exact) mass is 527 g/mol. The van der Waals surface area contributed by atoms with Gasteiger partial charge in [0.1, 0.15) is 11.5 Å². The van der Waals surface area contributed by atoms with E-state index in [1.54, 1.807) is 78.0 Å². The summed E-state index contributed by atoms with van der Waals surface area (Å²) < 4.78 is 0. The lowest BCUT2D eigenvalue weighted by molar-refractivity contribution is -0.384. The van der Waals surface area contributed by atoms with Gasteiger partial charge in [-0.05, 0) is 16.7 Å². The minimum atomic E-state index is -1.72. The van der Waals surface area contributed by atoms with Gasteiger partial charge in [-0.15, -0.1) is 0 Å². The Kier molecular flexibility index (Phi) is 5.15. The van der Waals surface area contributed by atoms with Crippen LogP contribution < -0.4 is 0 Å². The highest BCUT2D eigenvalue weighted by Gasteiger charge is 2.72. The van der Waals surface area contributed by atoms with Gasteiger partial charge in [-0.2, -0.15) is 5.10 Å². The van der Waals surface area contributed by atoms with E-state index in [0.717, 1.165) is 11.1 Å². The first-order chi connectivity index (χ1) is 19.4. The van der Waals surface area contributed by atoms with Crippen molar-refractivity contribution in [1.82, 2.24) is 5.01 Å². The van der Waals surface area contributed by atoms with E-state index in [0.29, 0.717) is 22.3 Å². The molecular formula is C32H21N3O5. The zero-order valence-corrected chi connectivity index (χ0v) is 21.0. The van der Waals surface area contributed by atoms with E-state index in [2.05, 4.69) is 0 Å². The van der Waals surface area contributed by atoms with Crippen LogP contribution in [0.1, 0.15) is 59.7 Å². The van der Waals surface area contributed by atoms with E-state index in [1.807, 2.05) is 24.3 Å². The van der Waals surface area contributed by atoms with E-state index >= 15 is 0 Å². The van der Waals surface area contributed by atoms with Crippen LogP contribution in [-0.2, 0) is 0 Å². The fourth-order valence-corrected chi connectivity index (χ4v) is 6.73. The molecule has 0 amide bonds. The van der Waals surface area contributed by atoms with Crippen LogP contribution >= 0.6 is 0 Å². The summed E-state index contributed by atoms with van der Waals surface area (Å²) in [4.78, 5) is 54.6. The van der Waals surface area contributed by atoms with Gasteiger partial charge < -0.3 is 0 Å². The molecule has 4 aromatic carbocycles. The minimum absolute atomic E-state index is 0.129. The molecule has 3 atom stereocenters. The van der Waals surface area contributed by atoms with Crippen LogP contribution in [0, 0.1) is 15.5 Å². The third-order valence-electron chi connectivity index (χ3n) is 8.37. The van der Waals surface area contributed by atoms with Crippen molar-refractivity contribution in [3.8, 4) is 0 Å². The average molecular weight is 528 g/mol. The molecule has 3 aliphatic rings. The van der Waals surface area contributed by atoms with Crippen molar-refractivity contribution in [1.29, 1.82) is 0 Å². The minimum Gasteiger partial charge on any atom is -0.293 e. The van der Waals surface area contributed by atoms with Gasteiger partial charge in [0.25, 0.3) is 5.69 Å². The Bertz CT molecular complexity index is 1730. The lowest BCUT2D eigenvalue weighted by atomic mass is 9.63. The zero-order chi connectivity index (χ0) is 27.6. The van der Waals surface area contributed by atoms with E-state index < -0.39 is 28.3 Å². The smallest absolute Gasteiger partial charge is 0.269 e. The molecule has 0 N–H and O–H groups in total. The zero-order valence-electron chi connectivity index (χ0n) is 21.0. The highest BCUT2D eigenvalue weighted by molar-refractivity contribution is 6.31. The van der Waals surface area contributed by atoms with Crippen molar-refractivity contribution in [2.75, 3.05) is 0 Å². The molecule has 7 rings (SSSR count). The van der Waals surface area contributed by atoms with Gasteiger partial charge in [-0.25, -0.2) is 0 Å². The first kappa shape index (κ1) is 23.8. The molecule has 40 heavy (non-hydrogen) atoms. The number of ketones is 3. The number of nitro groups is 1. The number of nitro benzene ring substituents is 1. The molecule has 1 fully saturated rings. The lowest BCUT2D eigenvalue weighted by Gasteiger charge is -2.36. The summed E-state index contributed by atoms with van der Waals surface area (Å²) in [6.07, 6.45) is 1.65. The quantitative estimate of drug-likeness (QED) is 0.152. The Morgan fingerprint density at radius 2 is 1.40 bits per heavy atom. The molecule has 0 saturated carbocycles. The number of nitrogens with zero attached hydrogens (tertiary/aromatic N) is 3. The molecule has 2 aliphatic heterocycles. The predicted octanol–water partition coefficient (Wildman–Crippen LogP) is 5.40. The summed E-state index contributed by atoms with van der Waals surface area (Å²) in [7, 11) is 0. The number of hydrogen-bond acceptors (Lipinski definition) is 7. The van der Waals surface area contributed by atoms with E-state index in [1.165, 1.54) is 12.1 Å². The molecule has 194 valence electrons. The Morgan fingerprint density at radius 1 is 0.800 bits per heavy atom.